The summed E-state index contributed by atoms with van der Waals surface area (Å²) >= 11 is 1.83. The molecule has 0 atom stereocenters. The van der Waals surface area contributed by atoms with Crippen LogP contribution in [0.25, 0.3) is 0 Å². The van der Waals surface area contributed by atoms with Gasteiger partial charge in [-0.15, -0.1) is 11.3 Å². The Hall–Kier alpha value is -0.410. The van der Waals surface area contributed by atoms with Crippen molar-refractivity contribution in [3.05, 3.63) is 16.1 Å². The molecule has 0 amide bonds. The molecule has 96 valence electrons. The smallest absolute Gasteiger partial charge is 0.0946 e. The second-order valence-electron chi connectivity index (χ2n) is 5.81. The Labute approximate surface area is 109 Å². The van der Waals surface area contributed by atoms with E-state index in [2.05, 4.69) is 24.5 Å². The zero-order chi connectivity index (χ0) is 12.3. The number of aromatic nitrogens is 1. The molecule has 2 nitrogen and oxygen atoms in total. The average molecular weight is 252 g/mol. The predicted molar refractivity (Wildman–Crippen MR) is 74.8 cm³/mol. The minimum absolute atomic E-state index is 0.154. The maximum atomic E-state index is 4.85. The van der Waals surface area contributed by atoms with Gasteiger partial charge in [-0.2, -0.15) is 0 Å². The predicted octanol–water partition coefficient (Wildman–Crippen LogP) is 3.73. The number of nitrogens with zero attached hydrogens (tertiary/aromatic N) is 1. The van der Waals surface area contributed by atoms with E-state index in [1.165, 1.54) is 42.8 Å². The van der Waals surface area contributed by atoms with E-state index in [-0.39, 0.29) is 5.54 Å². The molecule has 1 saturated carbocycles. The monoisotopic (exact) mass is 252 g/mol. The molecule has 0 radical (unpaired) electrons. The Balaban J connectivity index is 2.00. The zero-order valence-corrected chi connectivity index (χ0v) is 12.1. The van der Waals surface area contributed by atoms with Crippen molar-refractivity contribution in [2.45, 2.75) is 63.8 Å². The highest BCUT2D eigenvalue weighted by Gasteiger charge is 2.21. The molecule has 0 bridgehead atoms. The number of nitrogens with one attached hydrogen (secondary N) is 1. The second kappa shape index (κ2) is 5.49. The highest BCUT2D eigenvalue weighted by molar-refractivity contribution is 7.09. The molecule has 1 heterocycles. The molecule has 2 rings (SSSR count). The first-order valence-corrected chi connectivity index (χ1v) is 7.62. The molecule has 1 fully saturated rings. The minimum atomic E-state index is 0.154. The second-order valence-corrected chi connectivity index (χ2v) is 6.75. The van der Waals surface area contributed by atoms with Crippen molar-refractivity contribution < 1.29 is 0 Å². The Kier molecular flexibility index (Phi) is 4.21. The van der Waals surface area contributed by atoms with Gasteiger partial charge in [-0.1, -0.05) is 19.3 Å². The first-order chi connectivity index (χ1) is 8.11. The number of hydrogen-bond acceptors (Lipinski definition) is 3. The topological polar surface area (TPSA) is 24.9 Å². The largest absolute Gasteiger partial charge is 0.314 e. The standard InChI is InChI=1S/C14H24N2S/c1-14(2,15-3)9-13-16-12(10-17-13)11-7-5-4-6-8-11/h10-11,15H,4-9H2,1-3H3. The van der Waals surface area contributed by atoms with Gasteiger partial charge in [-0.05, 0) is 33.7 Å². The van der Waals surface area contributed by atoms with Gasteiger partial charge in [-0.3, -0.25) is 0 Å². The summed E-state index contributed by atoms with van der Waals surface area (Å²) in [6.45, 7) is 4.46. The number of rotatable bonds is 4. The van der Waals surface area contributed by atoms with Gasteiger partial charge in [0, 0.05) is 23.3 Å². The van der Waals surface area contributed by atoms with Gasteiger partial charge >= 0.3 is 0 Å². The molecule has 0 saturated heterocycles. The maximum absolute atomic E-state index is 4.85. The van der Waals surface area contributed by atoms with E-state index in [1.54, 1.807) is 0 Å². The molecule has 1 aromatic heterocycles. The summed E-state index contributed by atoms with van der Waals surface area (Å²) in [6.07, 6.45) is 7.91. The van der Waals surface area contributed by atoms with Gasteiger partial charge in [0.25, 0.3) is 0 Å². The van der Waals surface area contributed by atoms with Crippen LogP contribution in [0.5, 0.6) is 0 Å². The third-order valence-electron chi connectivity index (χ3n) is 3.86. The van der Waals surface area contributed by atoms with Crippen LogP contribution in [0.1, 0.15) is 62.6 Å². The van der Waals surface area contributed by atoms with E-state index in [1.807, 2.05) is 18.4 Å². The summed E-state index contributed by atoms with van der Waals surface area (Å²) in [5.41, 5.74) is 1.51. The first kappa shape index (κ1) is 13.0. The van der Waals surface area contributed by atoms with Crippen LogP contribution >= 0.6 is 11.3 Å². The Morgan fingerprint density at radius 2 is 2.06 bits per heavy atom. The van der Waals surface area contributed by atoms with Gasteiger partial charge in [0.15, 0.2) is 0 Å². The Bertz CT molecular complexity index is 351. The first-order valence-electron chi connectivity index (χ1n) is 6.74. The van der Waals surface area contributed by atoms with Crippen LogP contribution in [0.3, 0.4) is 0 Å². The molecule has 17 heavy (non-hydrogen) atoms. The molecule has 0 spiro atoms. The molecule has 0 unspecified atom stereocenters. The molecule has 3 heteroatoms. The van der Waals surface area contributed by atoms with E-state index in [9.17, 15) is 0 Å². The Morgan fingerprint density at radius 3 is 2.71 bits per heavy atom. The number of hydrogen-bond donors (Lipinski definition) is 1. The summed E-state index contributed by atoms with van der Waals surface area (Å²) in [5.74, 6) is 0.742. The highest BCUT2D eigenvalue weighted by atomic mass is 32.1. The van der Waals surface area contributed by atoms with E-state index in [0.29, 0.717) is 0 Å². The van der Waals surface area contributed by atoms with E-state index >= 15 is 0 Å². The molecule has 0 aromatic carbocycles. The van der Waals surface area contributed by atoms with Crippen molar-refractivity contribution in [3.63, 3.8) is 0 Å². The molecular formula is C14H24N2S. The summed E-state index contributed by atoms with van der Waals surface area (Å²) in [4.78, 5) is 4.85. The highest BCUT2D eigenvalue weighted by Crippen LogP contribution is 2.33. The van der Waals surface area contributed by atoms with Crippen LogP contribution in [0, 0.1) is 0 Å². The number of likely N-dealkylation sites (N-methyl/N-ethyl adjacent to an activating group) is 1. The maximum Gasteiger partial charge on any atom is 0.0946 e. The Morgan fingerprint density at radius 1 is 1.35 bits per heavy atom. The van der Waals surface area contributed by atoms with Crippen LogP contribution in [-0.2, 0) is 6.42 Å². The van der Waals surface area contributed by atoms with E-state index in [0.717, 1.165) is 12.3 Å². The van der Waals surface area contributed by atoms with E-state index in [4.69, 9.17) is 4.98 Å². The van der Waals surface area contributed by atoms with Crippen LogP contribution in [0.4, 0.5) is 0 Å². The lowest BCUT2D eigenvalue weighted by Gasteiger charge is -2.22. The molecule has 0 aliphatic heterocycles. The van der Waals surface area contributed by atoms with E-state index < -0.39 is 0 Å². The quantitative estimate of drug-likeness (QED) is 0.883. The lowest BCUT2D eigenvalue weighted by molar-refractivity contribution is 0.417. The van der Waals surface area contributed by atoms with Gasteiger partial charge < -0.3 is 5.32 Å². The van der Waals surface area contributed by atoms with Gasteiger partial charge in [-0.25, -0.2) is 4.98 Å². The van der Waals surface area contributed by atoms with Gasteiger partial charge in [0.2, 0.25) is 0 Å². The molecular weight excluding hydrogens is 228 g/mol. The van der Waals surface area contributed by atoms with Gasteiger partial charge in [0.05, 0.1) is 10.7 Å². The van der Waals surface area contributed by atoms with Crippen molar-refractivity contribution in [1.29, 1.82) is 0 Å². The van der Waals surface area contributed by atoms with Crippen molar-refractivity contribution in [3.8, 4) is 0 Å². The molecule has 1 aliphatic carbocycles. The third kappa shape index (κ3) is 3.52. The van der Waals surface area contributed by atoms with Crippen molar-refractivity contribution in [2.75, 3.05) is 7.05 Å². The fraction of sp³-hybridized carbons (Fsp3) is 0.786. The summed E-state index contributed by atoms with van der Waals surface area (Å²) in [5, 5.41) is 6.92. The SMILES string of the molecule is CNC(C)(C)Cc1nc(C2CCCCC2)cs1. The molecule has 1 aromatic rings. The lowest BCUT2D eigenvalue weighted by atomic mass is 9.87. The lowest BCUT2D eigenvalue weighted by Crippen LogP contribution is -2.38. The molecule has 1 aliphatic rings. The van der Waals surface area contributed by atoms with Crippen LogP contribution in [-0.4, -0.2) is 17.6 Å². The number of thiazole rings is 1. The average Bonchev–Trinajstić information content (AvgIpc) is 2.78. The normalized spacial score (nSPS) is 18.5. The summed E-state index contributed by atoms with van der Waals surface area (Å²) in [6, 6.07) is 0. The summed E-state index contributed by atoms with van der Waals surface area (Å²) in [7, 11) is 2.02. The van der Waals surface area contributed by atoms with Crippen molar-refractivity contribution in [2.24, 2.45) is 0 Å². The van der Waals surface area contributed by atoms with Crippen molar-refractivity contribution in [1.82, 2.24) is 10.3 Å². The molecule has 1 N–H and O–H groups in total. The van der Waals surface area contributed by atoms with Crippen molar-refractivity contribution >= 4 is 11.3 Å². The summed E-state index contributed by atoms with van der Waals surface area (Å²) < 4.78 is 0. The van der Waals surface area contributed by atoms with Crippen LogP contribution in [0.15, 0.2) is 5.38 Å². The zero-order valence-electron chi connectivity index (χ0n) is 11.3. The minimum Gasteiger partial charge on any atom is -0.314 e. The fourth-order valence-electron chi connectivity index (χ4n) is 2.46. The van der Waals surface area contributed by atoms with Crippen LogP contribution < -0.4 is 5.32 Å². The van der Waals surface area contributed by atoms with Crippen LogP contribution in [0.2, 0.25) is 0 Å². The third-order valence-corrected chi connectivity index (χ3v) is 4.73. The van der Waals surface area contributed by atoms with Gasteiger partial charge in [0.1, 0.15) is 0 Å². The fourth-order valence-corrected chi connectivity index (χ4v) is 3.56.